The minimum absolute atomic E-state index is 0.0859. The summed E-state index contributed by atoms with van der Waals surface area (Å²) in [7, 11) is 1.62. The van der Waals surface area contributed by atoms with Crippen LogP contribution in [0.5, 0.6) is 5.75 Å². The molecule has 0 saturated carbocycles. The highest BCUT2D eigenvalue weighted by atomic mass is 16.5. The molecule has 0 spiro atoms. The molecule has 0 aliphatic rings. The number of carbonyl (C=O) groups is 1. The monoisotopic (exact) mass is 238 g/mol. The molecule has 0 saturated heterocycles. The van der Waals surface area contributed by atoms with Crippen molar-refractivity contribution in [1.29, 1.82) is 0 Å². The summed E-state index contributed by atoms with van der Waals surface area (Å²) in [5.74, 6) is 0.292. The fourth-order valence-corrected chi connectivity index (χ4v) is 1.36. The van der Waals surface area contributed by atoms with Gasteiger partial charge in [0.15, 0.2) is 6.61 Å². The number of nitrogen functional groups attached to an aromatic ring is 1. The molecule has 94 valence electrons. The molecule has 0 bridgehead atoms. The summed E-state index contributed by atoms with van der Waals surface area (Å²) in [6.45, 7) is 1.82. The summed E-state index contributed by atoms with van der Waals surface area (Å²) in [6, 6.07) is 7.00. The minimum Gasteiger partial charge on any atom is -0.482 e. The van der Waals surface area contributed by atoms with E-state index in [2.05, 4.69) is 0 Å². The predicted molar refractivity (Wildman–Crippen MR) is 65.7 cm³/mol. The maximum atomic E-state index is 11.6. The van der Waals surface area contributed by atoms with Crippen LogP contribution in [0.25, 0.3) is 0 Å². The highest BCUT2D eigenvalue weighted by molar-refractivity contribution is 5.77. The van der Waals surface area contributed by atoms with Crippen molar-refractivity contribution in [3.8, 4) is 5.75 Å². The molecular formula is C12H18N2O3. The van der Waals surface area contributed by atoms with Crippen molar-refractivity contribution in [2.75, 3.05) is 25.9 Å². The number of carbonyl (C=O) groups excluding carboxylic acids is 1. The number of hydrogen-bond acceptors (Lipinski definition) is 4. The smallest absolute Gasteiger partial charge is 0.260 e. The number of ether oxygens (including phenoxy) is 1. The standard InChI is InChI=1S/C12H18N2O3/c1-9(15)7-14(2)12(16)8-17-11-6-4-3-5-10(11)13/h3-6,9,15H,7-8,13H2,1-2H3. The predicted octanol–water partition coefficient (Wildman–Crippen LogP) is 0.487. The van der Waals surface area contributed by atoms with E-state index in [-0.39, 0.29) is 19.1 Å². The molecule has 0 aromatic heterocycles. The van der Waals surface area contributed by atoms with Crippen molar-refractivity contribution < 1.29 is 14.6 Å². The van der Waals surface area contributed by atoms with Gasteiger partial charge in [0.1, 0.15) is 5.75 Å². The Kier molecular flexibility index (Phi) is 4.78. The number of nitrogens with zero attached hydrogens (tertiary/aromatic N) is 1. The van der Waals surface area contributed by atoms with E-state index in [9.17, 15) is 4.79 Å². The Bertz CT molecular complexity index is 380. The SMILES string of the molecule is CC(O)CN(C)C(=O)COc1ccccc1N. The van der Waals surface area contributed by atoms with Gasteiger partial charge in [0.2, 0.25) is 0 Å². The summed E-state index contributed by atoms with van der Waals surface area (Å²) in [5.41, 5.74) is 6.17. The van der Waals surface area contributed by atoms with E-state index in [0.717, 1.165) is 0 Å². The fourth-order valence-electron chi connectivity index (χ4n) is 1.36. The Labute approximate surface area is 101 Å². The van der Waals surface area contributed by atoms with Gasteiger partial charge in [0.05, 0.1) is 11.8 Å². The van der Waals surface area contributed by atoms with Crippen LogP contribution in [-0.4, -0.2) is 42.2 Å². The number of likely N-dealkylation sites (N-methyl/N-ethyl adjacent to an activating group) is 1. The first-order chi connectivity index (χ1) is 8.00. The third kappa shape index (κ3) is 4.32. The summed E-state index contributed by atoms with van der Waals surface area (Å²) in [4.78, 5) is 13.0. The second-order valence-corrected chi connectivity index (χ2v) is 3.95. The van der Waals surface area contributed by atoms with Crippen molar-refractivity contribution in [1.82, 2.24) is 4.90 Å². The van der Waals surface area contributed by atoms with Crippen LogP contribution in [0.15, 0.2) is 24.3 Å². The lowest BCUT2D eigenvalue weighted by molar-refractivity contribution is -0.133. The zero-order valence-corrected chi connectivity index (χ0v) is 10.1. The second kappa shape index (κ2) is 6.10. The van der Waals surface area contributed by atoms with Crippen LogP contribution in [0.1, 0.15) is 6.92 Å². The van der Waals surface area contributed by atoms with Crippen LogP contribution in [0.3, 0.4) is 0 Å². The molecule has 17 heavy (non-hydrogen) atoms. The number of para-hydroxylation sites is 2. The number of anilines is 1. The molecule has 0 fully saturated rings. The van der Waals surface area contributed by atoms with Gasteiger partial charge < -0.3 is 20.5 Å². The van der Waals surface area contributed by atoms with E-state index in [1.54, 1.807) is 38.2 Å². The van der Waals surface area contributed by atoms with Crippen molar-refractivity contribution >= 4 is 11.6 Å². The highest BCUT2D eigenvalue weighted by Gasteiger charge is 2.12. The quantitative estimate of drug-likeness (QED) is 0.732. The second-order valence-electron chi connectivity index (χ2n) is 3.95. The van der Waals surface area contributed by atoms with Crippen LogP contribution >= 0.6 is 0 Å². The van der Waals surface area contributed by atoms with E-state index in [1.165, 1.54) is 4.90 Å². The molecule has 5 heteroatoms. The number of aliphatic hydroxyl groups is 1. The summed E-state index contributed by atoms with van der Waals surface area (Å²) in [5, 5.41) is 9.15. The molecule has 3 N–H and O–H groups in total. The van der Waals surface area contributed by atoms with Crippen LogP contribution in [0, 0.1) is 0 Å². The van der Waals surface area contributed by atoms with E-state index in [4.69, 9.17) is 15.6 Å². The lowest BCUT2D eigenvalue weighted by Gasteiger charge is -2.19. The lowest BCUT2D eigenvalue weighted by Crippen LogP contribution is -2.36. The maximum absolute atomic E-state index is 11.6. The van der Waals surface area contributed by atoms with Crippen LogP contribution in [-0.2, 0) is 4.79 Å². The highest BCUT2D eigenvalue weighted by Crippen LogP contribution is 2.19. The van der Waals surface area contributed by atoms with Gasteiger partial charge >= 0.3 is 0 Å². The van der Waals surface area contributed by atoms with Gasteiger partial charge in [-0.15, -0.1) is 0 Å². The summed E-state index contributed by atoms with van der Waals surface area (Å²) in [6.07, 6.45) is -0.550. The average Bonchev–Trinajstić information content (AvgIpc) is 2.26. The average molecular weight is 238 g/mol. The Balaban J connectivity index is 2.46. The number of nitrogens with two attached hydrogens (primary N) is 1. The number of hydrogen-bond donors (Lipinski definition) is 2. The molecule has 1 aromatic carbocycles. The van der Waals surface area contributed by atoms with E-state index in [0.29, 0.717) is 11.4 Å². The molecular weight excluding hydrogens is 220 g/mol. The Morgan fingerprint density at radius 2 is 2.18 bits per heavy atom. The molecule has 0 heterocycles. The molecule has 0 aliphatic carbocycles. The van der Waals surface area contributed by atoms with Crippen LogP contribution in [0.2, 0.25) is 0 Å². The molecule has 5 nitrogen and oxygen atoms in total. The van der Waals surface area contributed by atoms with Crippen molar-refractivity contribution in [3.63, 3.8) is 0 Å². The zero-order valence-electron chi connectivity index (χ0n) is 10.1. The molecule has 0 aliphatic heterocycles. The number of rotatable bonds is 5. The van der Waals surface area contributed by atoms with Crippen molar-refractivity contribution in [2.45, 2.75) is 13.0 Å². The van der Waals surface area contributed by atoms with Crippen molar-refractivity contribution in [3.05, 3.63) is 24.3 Å². The molecule has 1 rings (SSSR count). The Morgan fingerprint density at radius 3 is 2.76 bits per heavy atom. The van der Waals surface area contributed by atoms with E-state index in [1.807, 2.05) is 0 Å². The van der Waals surface area contributed by atoms with Crippen molar-refractivity contribution in [2.24, 2.45) is 0 Å². The van der Waals surface area contributed by atoms with Crippen LogP contribution in [0.4, 0.5) is 5.69 Å². The molecule has 1 aromatic rings. The third-order valence-corrected chi connectivity index (χ3v) is 2.23. The van der Waals surface area contributed by atoms with Gasteiger partial charge in [-0.1, -0.05) is 12.1 Å². The van der Waals surface area contributed by atoms with Gasteiger partial charge in [0, 0.05) is 13.6 Å². The number of benzene rings is 1. The number of aliphatic hydroxyl groups excluding tert-OH is 1. The molecule has 1 unspecified atom stereocenters. The first-order valence-corrected chi connectivity index (χ1v) is 5.40. The molecule has 0 radical (unpaired) electrons. The summed E-state index contributed by atoms with van der Waals surface area (Å²) >= 11 is 0. The fraction of sp³-hybridized carbons (Fsp3) is 0.417. The van der Waals surface area contributed by atoms with E-state index < -0.39 is 6.10 Å². The minimum atomic E-state index is -0.550. The summed E-state index contributed by atoms with van der Waals surface area (Å²) < 4.78 is 5.30. The third-order valence-electron chi connectivity index (χ3n) is 2.23. The molecule has 1 amide bonds. The van der Waals surface area contributed by atoms with Gasteiger partial charge in [0.25, 0.3) is 5.91 Å². The number of amides is 1. The van der Waals surface area contributed by atoms with E-state index >= 15 is 0 Å². The first-order valence-electron chi connectivity index (χ1n) is 5.40. The maximum Gasteiger partial charge on any atom is 0.260 e. The van der Waals surface area contributed by atoms with Gasteiger partial charge in [-0.25, -0.2) is 0 Å². The van der Waals surface area contributed by atoms with Gasteiger partial charge in [-0.05, 0) is 19.1 Å². The zero-order chi connectivity index (χ0) is 12.8. The Hall–Kier alpha value is -1.75. The topological polar surface area (TPSA) is 75.8 Å². The molecule has 1 atom stereocenters. The van der Waals surface area contributed by atoms with Crippen LogP contribution < -0.4 is 10.5 Å². The Morgan fingerprint density at radius 1 is 1.53 bits per heavy atom. The normalized spacial score (nSPS) is 11.9. The van der Waals surface area contributed by atoms with Gasteiger partial charge in [-0.2, -0.15) is 0 Å². The largest absolute Gasteiger partial charge is 0.482 e. The first kappa shape index (κ1) is 13.3. The lowest BCUT2D eigenvalue weighted by atomic mass is 10.3. The van der Waals surface area contributed by atoms with Gasteiger partial charge in [-0.3, -0.25) is 4.79 Å².